The van der Waals surface area contributed by atoms with Crippen molar-refractivity contribution in [1.29, 1.82) is 0 Å². The Kier molecular flexibility index (Phi) is 5.46. The summed E-state index contributed by atoms with van der Waals surface area (Å²) < 4.78 is 38.1. The van der Waals surface area contributed by atoms with Crippen LogP contribution in [0.5, 0.6) is 0 Å². The van der Waals surface area contributed by atoms with Crippen LogP contribution < -0.4 is 0 Å². The minimum absolute atomic E-state index is 0.259. The van der Waals surface area contributed by atoms with Gasteiger partial charge in [0.25, 0.3) is 0 Å². The Morgan fingerprint density at radius 3 is 2.36 bits per heavy atom. The minimum Gasteiger partial charge on any atom is -0.481 e. The molecule has 0 amide bonds. The standard InChI is InChI=1S/C18H16F3NO3/c1-11(17(23)24)14-3-2-13(8-9-22-25)16(10-14)12-4-6-15(7-5-12)18(19,20)21/h2-7,9-11,25H,8H2,1H3,(H,23,24). The van der Waals surface area contributed by atoms with Crippen molar-refractivity contribution in [1.82, 2.24) is 0 Å². The van der Waals surface area contributed by atoms with E-state index in [0.29, 0.717) is 22.3 Å². The lowest BCUT2D eigenvalue weighted by atomic mass is 9.91. The van der Waals surface area contributed by atoms with E-state index in [-0.39, 0.29) is 6.42 Å². The number of alkyl halides is 3. The molecule has 2 rings (SSSR count). The number of hydrogen-bond donors (Lipinski definition) is 2. The van der Waals surface area contributed by atoms with Gasteiger partial charge >= 0.3 is 12.1 Å². The molecular weight excluding hydrogens is 335 g/mol. The first-order valence-corrected chi connectivity index (χ1v) is 7.43. The maximum Gasteiger partial charge on any atom is 0.416 e. The molecule has 4 nitrogen and oxygen atoms in total. The van der Waals surface area contributed by atoms with Crippen LogP contribution in [0, 0.1) is 0 Å². The summed E-state index contributed by atoms with van der Waals surface area (Å²) in [6, 6.07) is 9.61. The molecule has 1 atom stereocenters. The second kappa shape index (κ2) is 7.38. The summed E-state index contributed by atoms with van der Waals surface area (Å²) in [6.45, 7) is 1.53. The summed E-state index contributed by atoms with van der Waals surface area (Å²) in [4.78, 5) is 11.2. The van der Waals surface area contributed by atoms with Gasteiger partial charge in [-0.15, -0.1) is 5.16 Å². The summed E-state index contributed by atoms with van der Waals surface area (Å²) in [5.41, 5.74) is 1.60. The van der Waals surface area contributed by atoms with Gasteiger partial charge in [-0.2, -0.15) is 13.2 Å². The van der Waals surface area contributed by atoms with E-state index in [1.807, 2.05) is 0 Å². The molecule has 0 aliphatic heterocycles. The Hall–Kier alpha value is -2.83. The van der Waals surface area contributed by atoms with E-state index in [2.05, 4.69) is 5.16 Å². The van der Waals surface area contributed by atoms with Crippen molar-refractivity contribution < 1.29 is 28.3 Å². The van der Waals surface area contributed by atoms with Crippen molar-refractivity contribution in [2.75, 3.05) is 0 Å². The van der Waals surface area contributed by atoms with E-state index in [9.17, 15) is 18.0 Å². The molecule has 0 aliphatic rings. The highest BCUT2D eigenvalue weighted by molar-refractivity contribution is 5.78. The van der Waals surface area contributed by atoms with Gasteiger partial charge in [-0.3, -0.25) is 4.79 Å². The lowest BCUT2D eigenvalue weighted by Crippen LogP contribution is -2.08. The van der Waals surface area contributed by atoms with Crippen LogP contribution in [0.1, 0.15) is 29.5 Å². The monoisotopic (exact) mass is 351 g/mol. The zero-order valence-corrected chi connectivity index (χ0v) is 13.3. The Morgan fingerprint density at radius 1 is 1.20 bits per heavy atom. The Bertz CT molecular complexity index is 783. The fourth-order valence-electron chi connectivity index (χ4n) is 2.43. The van der Waals surface area contributed by atoms with Crippen LogP contribution in [0.3, 0.4) is 0 Å². The summed E-state index contributed by atoms with van der Waals surface area (Å²) in [5.74, 6) is -1.75. The van der Waals surface area contributed by atoms with Crippen LogP contribution in [0.4, 0.5) is 13.2 Å². The molecular formula is C18H16F3NO3. The van der Waals surface area contributed by atoms with E-state index in [0.717, 1.165) is 12.1 Å². The molecule has 0 saturated carbocycles. The van der Waals surface area contributed by atoms with E-state index in [1.165, 1.54) is 25.3 Å². The fraction of sp³-hybridized carbons (Fsp3) is 0.222. The van der Waals surface area contributed by atoms with E-state index < -0.39 is 23.6 Å². The number of halogens is 3. The van der Waals surface area contributed by atoms with Gasteiger partial charge in [0.2, 0.25) is 0 Å². The molecule has 0 aromatic heterocycles. The van der Waals surface area contributed by atoms with Crippen LogP contribution in [0.15, 0.2) is 47.6 Å². The van der Waals surface area contributed by atoms with Crippen LogP contribution in [0.2, 0.25) is 0 Å². The van der Waals surface area contributed by atoms with Crippen LogP contribution >= 0.6 is 0 Å². The zero-order valence-electron chi connectivity index (χ0n) is 13.3. The lowest BCUT2D eigenvalue weighted by molar-refractivity contribution is -0.138. The number of nitrogens with zero attached hydrogens (tertiary/aromatic N) is 1. The maximum absolute atomic E-state index is 12.7. The SMILES string of the molecule is CC(C(=O)O)c1ccc(CC=NO)c(-c2ccc(C(F)(F)F)cc2)c1. The molecule has 0 fully saturated rings. The molecule has 0 heterocycles. The highest BCUT2D eigenvalue weighted by Crippen LogP contribution is 2.33. The first-order valence-electron chi connectivity index (χ1n) is 7.43. The van der Waals surface area contributed by atoms with Gasteiger partial charge in [0.15, 0.2) is 0 Å². The first kappa shape index (κ1) is 18.5. The van der Waals surface area contributed by atoms with Crippen LogP contribution in [-0.4, -0.2) is 22.5 Å². The van der Waals surface area contributed by atoms with Gasteiger partial charge in [-0.05, 0) is 41.3 Å². The molecule has 0 bridgehead atoms. The Morgan fingerprint density at radius 2 is 1.84 bits per heavy atom. The highest BCUT2D eigenvalue weighted by Gasteiger charge is 2.30. The van der Waals surface area contributed by atoms with Crippen molar-refractivity contribution in [3.8, 4) is 11.1 Å². The van der Waals surface area contributed by atoms with E-state index in [4.69, 9.17) is 10.3 Å². The van der Waals surface area contributed by atoms with Crippen molar-refractivity contribution in [2.45, 2.75) is 25.4 Å². The number of carbonyl (C=O) groups is 1. The third-order valence-electron chi connectivity index (χ3n) is 3.92. The number of carboxylic acid groups (broad SMARTS) is 1. The molecule has 2 N–H and O–H groups in total. The molecule has 0 aliphatic carbocycles. The van der Waals surface area contributed by atoms with Gasteiger partial charge in [0.1, 0.15) is 0 Å². The number of aliphatic carboxylic acids is 1. The molecule has 0 radical (unpaired) electrons. The predicted molar refractivity (Wildman–Crippen MR) is 86.9 cm³/mol. The number of hydrogen-bond acceptors (Lipinski definition) is 3. The largest absolute Gasteiger partial charge is 0.481 e. The molecule has 0 saturated heterocycles. The highest BCUT2D eigenvalue weighted by atomic mass is 19.4. The molecule has 2 aromatic rings. The molecule has 132 valence electrons. The van der Waals surface area contributed by atoms with Gasteiger partial charge in [-0.1, -0.05) is 30.3 Å². The summed E-state index contributed by atoms with van der Waals surface area (Å²) in [7, 11) is 0. The van der Waals surface area contributed by atoms with Gasteiger partial charge in [0, 0.05) is 12.6 Å². The smallest absolute Gasteiger partial charge is 0.416 e. The fourth-order valence-corrected chi connectivity index (χ4v) is 2.43. The summed E-state index contributed by atoms with van der Waals surface area (Å²) in [6.07, 6.45) is -2.91. The average molecular weight is 351 g/mol. The molecule has 7 heteroatoms. The predicted octanol–water partition coefficient (Wildman–Crippen LogP) is 4.56. The number of carboxylic acids is 1. The van der Waals surface area contributed by atoms with Crippen LogP contribution in [0.25, 0.3) is 11.1 Å². The quantitative estimate of drug-likeness (QED) is 0.471. The number of benzene rings is 2. The third-order valence-corrected chi connectivity index (χ3v) is 3.92. The summed E-state index contributed by atoms with van der Waals surface area (Å²) in [5, 5.41) is 20.7. The van der Waals surface area contributed by atoms with Crippen molar-refractivity contribution >= 4 is 12.2 Å². The van der Waals surface area contributed by atoms with Crippen molar-refractivity contribution in [3.05, 3.63) is 59.2 Å². The van der Waals surface area contributed by atoms with Gasteiger partial charge < -0.3 is 10.3 Å². The minimum atomic E-state index is -4.43. The Balaban J connectivity index is 2.51. The normalized spacial score (nSPS) is 13.1. The number of oxime groups is 1. The molecule has 2 aromatic carbocycles. The average Bonchev–Trinajstić information content (AvgIpc) is 2.58. The maximum atomic E-state index is 12.7. The Labute approximate surface area is 142 Å². The van der Waals surface area contributed by atoms with Crippen LogP contribution in [-0.2, 0) is 17.4 Å². The van der Waals surface area contributed by atoms with Gasteiger partial charge in [0.05, 0.1) is 11.5 Å². The third kappa shape index (κ3) is 4.37. The van der Waals surface area contributed by atoms with Gasteiger partial charge in [-0.25, -0.2) is 0 Å². The summed E-state index contributed by atoms with van der Waals surface area (Å²) >= 11 is 0. The molecule has 25 heavy (non-hydrogen) atoms. The lowest BCUT2D eigenvalue weighted by Gasteiger charge is -2.14. The van der Waals surface area contributed by atoms with E-state index in [1.54, 1.807) is 18.2 Å². The zero-order chi connectivity index (χ0) is 18.6. The topological polar surface area (TPSA) is 69.9 Å². The van der Waals surface area contributed by atoms with Crippen molar-refractivity contribution in [3.63, 3.8) is 0 Å². The molecule has 1 unspecified atom stereocenters. The number of rotatable bonds is 5. The first-order chi connectivity index (χ1) is 11.7. The second-order valence-electron chi connectivity index (χ2n) is 5.55. The van der Waals surface area contributed by atoms with E-state index >= 15 is 0 Å². The second-order valence-corrected chi connectivity index (χ2v) is 5.55. The van der Waals surface area contributed by atoms with Crippen molar-refractivity contribution in [2.24, 2.45) is 5.16 Å². The molecule has 0 spiro atoms.